The number of carbonyl (C=O) groups is 2. The largest absolute Gasteiger partial charge is 0.476 e. The van der Waals surface area contributed by atoms with Crippen molar-refractivity contribution in [2.45, 2.75) is 39.3 Å². The maximum absolute atomic E-state index is 13.0. The van der Waals surface area contributed by atoms with Gasteiger partial charge in [-0.1, -0.05) is 68.4 Å². The fourth-order valence-electron chi connectivity index (χ4n) is 4.68. The first kappa shape index (κ1) is 25.9. The summed E-state index contributed by atoms with van der Waals surface area (Å²) in [5.41, 5.74) is 7.00. The van der Waals surface area contributed by atoms with Gasteiger partial charge in [-0.2, -0.15) is 0 Å². The summed E-state index contributed by atoms with van der Waals surface area (Å²) in [7, 11) is 0. The zero-order chi connectivity index (χ0) is 27.5. The number of fused-ring (bicyclic) bond motifs is 1. The van der Waals surface area contributed by atoms with Gasteiger partial charge in [-0.15, -0.1) is 0 Å². The molecule has 196 valence electrons. The molecule has 2 N–H and O–H groups in total. The summed E-state index contributed by atoms with van der Waals surface area (Å²) in [5.74, 6) is -0.766. The van der Waals surface area contributed by atoms with Gasteiger partial charge in [0, 0.05) is 23.9 Å². The quantitative estimate of drug-likeness (QED) is 0.246. The molecule has 1 unspecified atom stereocenters. The van der Waals surface area contributed by atoms with Gasteiger partial charge in [0.25, 0.3) is 5.91 Å². The van der Waals surface area contributed by atoms with Gasteiger partial charge in [0.15, 0.2) is 5.69 Å². The Kier molecular flexibility index (Phi) is 7.23. The van der Waals surface area contributed by atoms with E-state index in [4.69, 9.17) is 0 Å². The Hall–Kier alpha value is -4.78. The van der Waals surface area contributed by atoms with Crippen molar-refractivity contribution in [2.24, 2.45) is 0 Å². The number of hydrogen-bond acceptors (Lipinski definition) is 4. The Bertz CT molecular complexity index is 1650. The van der Waals surface area contributed by atoms with E-state index in [9.17, 15) is 14.7 Å². The van der Waals surface area contributed by atoms with E-state index < -0.39 is 5.97 Å². The molecule has 5 aromatic rings. The van der Waals surface area contributed by atoms with Crippen molar-refractivity contribution in [2.75, 3.05) is 0 Å². The molecule has 7 heteroatoms. The van der Waals surface area contributed by atoms with Crippen LogP contribution in [0.2, 0.25) is 0 Å². The number of carboxylic acids is 1. The maximum atomic E-state index is 13.0. The van der Waals surface area contributed by atoms with E-state index in [0.29, 0.717) is 23.6 Å². The number of hydrogen-bond donors (Lipinski definition) is 2. The molecule has 2 heterocycles. The van der Waals surface area contributed by atoms with E-state index in [0.717, 1.165) is 27.7 Å². The molecule has 2 aromatic heterocycles. The Labute approximate surface area is 227 Å². The van der Waals surface area contributed by atoms with Crippen molar-refractivity contribution in [1.82, 2.24) is 19.9 Å². The molecular weight excluding hydrogens is 488 g/mol. The first-order valence-corrected chi connectivity index (χ1v) is 12.9. The van der Waals surface area contributed by atoms with Gasteiger partial charge in [-0.05, 0) is 59.4 Å². The van der Waals surface area contributed by atoms with Crippen molar-refractivity contribution in [3.8, 4) is 11.1 Å². The number of aromatic nitrogens is 3. The number of rotatable bonds is 8. The van der Waals surface area contributed by atoms with Crippen molar-refractivity contribution in [1.29, 1.82) is 0 Å². The Morgan fingerprint density at radius 1 is 0.897 bits per heavy atom. The van der Waals surface area contributed by atoms with Crippen LogP contribution in [0.4, 0.5) is 0 Å². The first-order chi connectivity index (χ1) is 18.8. The van der Waals surface area contributed by atoms with E-state index in [2.05, 4.69) is 41.3 Å². The predicted molar refractivity (Wildman–Crippen MR) is 152 cm³/mol. The smallest absolute Gasteiger partial charge is 0.355 e. The van der Waals surface area contributed by atoms with Crippen LogP contribution in [0.1, 0.15) is 70.3 Å². The van der Waals surface area contributed by atoms with Crippen LogP contribution in [0.5, 0.6) is 0 Å². The lowest BCUT2D eigenvalue weighted by Crippen LogP contribution is -2.26. The average Bonchev–Trinajstić information content (AvgIpc) is 3.35. The highest BCUT2D eigenvalue weighted by Crippen LogP contribution is 2.24. The van der Waals surface area contributed by atoms with Crippen molar-refractivity contribution in [3.05, 3.63) is 119 Å². The molecule has 0 spiro atoms. The van der Waals surface area contributed by atoms with Crippen LogP contribution in [0.25, 0.3) is 22.2 Å². The molecule has 0 radical (unpaired) electrons. The second-order valence-electron chi connectivity index (χ2n) is 10.00. The molecule has 0 bridgehead atoms. The van der Waals surface area contributed by atoms with E-state index in [1.807, 2.05) is 66.1 Å². The number of aromatic carboxylic acids is 1. The minimum atomic E-state index is -1.05. The van der Waals surface area contributed by atoms with E-state index in [1.165, 1.54) is 11.8 Å². The molecule has 0 aliphatic heterocycles. The molecular formula is C32H30N4O3. The minimum absolute atomic E-state index is 0.0316. The highest BCUT2D eigenvalue weighted by Gasteiger charge is 2.15. The third-order valence-corrected chi connectivity index (χ3v) is 6.94. The number of carboxylic acid groups (broad SMARTS) is 1. The number of nitrogens with one attached hydrogen (secondary N) is 1. The van der Waals surface area contributed by atoms with Crippen LogP contribution < -0.4 is 5.32 Å². The van der Waals surface area contributed by atoms with Crippen molar-refractivity contribution >= 4 is 22.9 Å². The molecule has 0 aliphatic carbocycles. The zero-order valence-corrected chi connectivity index (χ0v) is 22.1. The van der Waals surface area contributed by atoms with Gasteiger partial charge in [0.1, 0.15) is 0 Å². The van der Waals surface area contributed by atoms with Crippen LogP contribution >= 0.6 is 0 Å². The summed E-state index contributed by atoms with van der Waals surface area (Å²) >= 11 is 0. The van der Waals surface area contributed by atoms with Crippen molar-refractivity contribution in [3.63, 3.8) is 0 Å². The second-order valence-corrected chi connectivity index (χ2v) is 10.00. The number of benzene rings is 3. The molecule has 5 rings (SSSR count). The summed E-state index contributed by atoms with van der Waals surface area (Å²) < 4.78 is 2.03. The van der Waals surface area contributed by atoms with Gasteiger partial charge in [-0.3, -0.25) is 4.79 Å². The summed E-state index contributed by atoms with van der Waals surface area (Å²) in [6, 6.07) is 25.0. The van der Waals surface area contributed by atoms with Crippen LogP contribution in [-0.4, -0.2) is 31.5 Å². The Balaban J connectivity index is 1.30. The Morgan fingerprint density at radius 2 is 1.67 bits per heavy atom. The molecule has 0 saturated carbocycles. The van der Waals surface area contributed by atoms with Gasteiger partial charge in [-0.25, -0.2) is 14.8 Å². The molecule has 3 aromatic carbocycles. The third-order valence-electron chi connectivity index (χ3n) is 6.94. The third kappa shape index (κ3) is 5.57. The highest BCUT2D eigenvalue weighted by atomic mass is 16.4. The van der Waals surface area contributed by atoms with Crippen molar-refractivity contribution < 1.29 is 14.7 Å². The zero-order valence-electron chi connectivity index (χ0n) is 22.1. The van der Waals surface area contributed by atoms with Crippen LogP contribution in [0.15, 0.2) is 91.4 Å². The molecule has 0 fully saturated rings. The fourth-order valence-corrected chi connectivity index (χ4v) is 4.68. The number of nitrogens with zero attached hydrogens (tertiary/aromatic N) is 3. The SMILES string of the molecule is CC(C)c1cccc(C(C)NC(=O)c2ccc3c(c2)ncn3Cc2ccc(-c3cccnc3C(=O)O)cc2)c1. The summed E-state index contributed by atoms with van der Waals surface area (Å²) in [6.45, 7) is 6.90. The second kappa shape index (κ2) is 10.9. The molecule has 0 aliphatic rings. The molecule has 0 saturated heterocycles. The predicted octanol–water partition coefficient (Wildman–Crippen LogP) is 6.46. The Morgan fingerprint density at radius 3 is 2.41 bits per heavy atom. The summed E-state index contributed by atoms with van der Waals surface area (Å²) in [6.07, 6.45) is 3.25. The van der Waals surface area contributed by atoms with Gasteiger partial charge in [0.05, 0.1) is 23.4 Å². The standard InChI is InChI=1S/C32H30N4O3/c1-20(2)24-6-4-7-25(16-24)21(3)35-31(37)26-13-14-29-28(17-26)34-19-36(29)18-22-9-11-23(12-10-22)27-8-5-15-33-30(27)32(38)39/h4-17,19-21H,18H2,1-3H3,(H,35,37)(H,38,39). The van der Waals surface area contributed by atoms with E-state index >= 15 is 0 Å². The fraction of sp³-hybridized carbons (Fsp3) is 0.188. The van der Waals surface area contributed by atoms with Crippen LogP contribution in [0, 0.1) is 0 Å². The van der Waals surface area contributed by atoms with Crippen LogP contribution in [0.3, 0.4) is 0 Å². The molecule has 1 atom stereocenters. The lowest BCUT2D eigenvalue weighted by Gasteiger charge is -2.16. The number of carbonyl (C=O) groups excluding carboxylic acids is 1. The molecule has 39 heavy (non-hydrogen) atoms. The highest BCUT2D eigenvalue weighted by molar-refractivity contribution is 5.97. The lowest BCUT2D eigenvalue weighted by atomic mass is 9.98. The van der Waals surface area contributed by atoms with E-state index in [-0.39, 0.29) is 17.6 Å². The van der Waals surface area contributed by atoms with Crippen LogP contribution in [-0.2, 0) is 6.54 Å². The van der Waals surface area contributed by atoms with Gasteiger partial charge < -0.3 is 15.0 Å². The first-order valence-electron chi connectivity index (χ1n) is 12.9. The van der Waals surface area contributed by atoms with Gasteiger partial charge in [0.2, 0.25) is 0 Å². The number of pyridine rings is 1. The molecule has 1 amide bonds. The average molecular weight is 519 g/mol. The minimum Gasteiger partial charge on any atom is -0.476 e. The monoisotopic (exact) mass is 518 g/mol. The molecule has 7 nitrogen and oxygen atoms in total. The number of amides is 1. The summed E-state index contributed by atoms with van der Waals surface area (Å²) in [5, 5.41) is 12.5. The topological polar surface area (TPSA) is 97.1 Å². The number of imidazole rings is 1. The van der Waals surface area contributed by atoms with E-state index in [1.54, 1.807) is 18.5 Å². The summed E-state index contributed by atoms with van der Waals surface area (Å²) in [4.78, 5) is 33.1. The maximum Gasteiger partial charge on any atom is 0.355 e. The van der Waals surface area contributed by atoms with Gasteiger partial charge >= 0.3 is 5.97 Å². The lowest BCUT2D eigenvalue weighted by molar-refractivity contribution is 0.0691. The normalized spacial score (nSPS) is 12.0.